The van der Waals surface area contributed by atoms with Crippen LogP contribution in [-0.4, -0.2) is 0 Å². The maximum absolute atomic E-state index is 2.21. The topological polar surface area (TPSA) is 0 Å². The molecule has 1 aromatic carbocycles. The molecule has 0 heterocycles. The van der Waals surface area contributed by atoms with E-state index < -0.39 is 0 Å². The zero-order valence-electron chi connectivity index (χ0n) is 10.7. The van der Waals surface area contributed by atoms with E-state index in [2.05, 4.69) is 38.1 Å². The lowest BCUT2D eigenvalue weighted by Crippen LogP contribution is -1.88. The summed E-state index contributed by atoms with van der Waals surface area (Å²) in [6.07, 6.45) is 2.31. The van der Waals surface area contributed by atoms with Gasteiger partial charge in [0.1, 0.15) is 0 Å². The number of hydrogen-bond acceptors (Lipinski definition) is 0. The second kappa shape index (κ2) is 15.7. The standard InChI is InChI=1S/C10H14.2C2H6.CH4/c1-3-9-7-5-6-8-10(9)4-2;2*1-2;/h5-8H,3-4H2,1-2H3;2*1-2H3;1H4. The van der Waals surface area contributed by atoms with Gasteiger partial charge in [-0.15, -0.1) is 0 Å². The number of hydrogen-bond donors (Lipinski definition) is 0. The first-order chi connectivity index (χ1) is 6.88. The van der Waals surface area contributed by atoms with E-state index in [1.807, 2.05) is 27.7 Å². The zero-order valence-corrected chi connectivity index (χ0v) is 10.7. The Labute approximate surface area is 97.7 Å². The Kier molecular flexibility index (Phi) is 20.6. The maximum Gasteiger partial charge on any atom is -0.0305 e. The molecule has 0 unspecified atom stereocenters. The molecule has 0 N–H and O–H groups in total. The molecule has 0 saturated carbocycles. The molecule has 0 saturated heterocycles. The lowest BCUT2D eigenvalue weighted by molar-refractivity contribution is 1.04. The molecule has 15 heavy (non-hydrogen) atoms. The fourth-order valence-electron chi connectivity index (χ4n) is 1.25. The molecule has 0 aliphatic heterocycles. The minimum absolute atomic E-state index is 0. The van der Waals surface area contributed by atoms with Gasteiger partial charge in [0.25, 0.3) is 0 Å². The van der Waals surface area contributed by atoms with Gasteiger partial charge in [0.05, 0.1) is 0 Å². The van der Waals surface area contributed by atoms with Crippen molar-refractivity contribution in [2.45, 2.75) is 61.8 Å². The monoisotopic (exact) mass is 210 g/mol. The zero-order chi connectivity index (χ0) is 11.4. The minimum Gasteiger partial charge on any atom is -0.0776 e. The first kappa shape index (κ1) is 19.7. The summed E-state index contributed by atoms with van der Waals surface area (Å²) in [4.78, 5) is 0. The lowest BCUT2D eigenvalue weighted by Gasteiger charge is -2.02. The summed E-state index contributed by atoms with van der Waals surface area (Å²) < 4.78 is 0. The van der Waals surface area contributed by atoms with E-state index in [0.717, 1.165) is 12.8 Å². The molecule has 0 amide bonds. The van der Waals surface area contributed by atoms with Crippen molar-refractivity contribution in [3.63, 3.8) is 0 Å². The summed E-state index contributed by atoms with van der Waals surface area (Å²) in [5, 5.41) is 0. The van der Waals surface area contributed by atoms with Gasteiger partial charge in [0, 0.05) is 0 Å². The maximum atomic E-state index is 2.21. The largest absolute Gasteiger partial charge is 0.0776 e. The van der Waals surface area contributed by atoms with Crippen molar-refractivity contribution in [3.05, 3.63) is 35.4 Å². The Hall–Kier alpha value is -0.780. The summed E-state index contributed by atoms with van der Waals surface area (Å²) >= 11 is 0. The molecule has 0 aromatic heterocycles. The van der Waals surface area contributed by atoms with Crippen molar-refractivity contribution >= 4 is 0 Å². The van der Waals surface area contributed by atoms with Gasteiger partial charge in [-0.05, 0) is 24.0 Å². The van der Waals surface area contributed by atoms with Crippen LogP contribution in [0.25, 0.3) is 0 Å². The van der Waals surface area contributed by atoms with Crippen molar-refractivity contribution in [1.29, 1.82) is 0 Å². The SMILES string of the molecule is C.CC.CC.CCc1ccccc1CC. The average molecular weight is 210 g/mol. The molecule has 0 aliphatic carbocycles. The Morgan fingerprint density at radius 2 is 1.00 bits per heavy atom. The predicted molar refractivity (Wildman–Crippen MR) is 74.6 cm³/mol. The van der Waals surface area contributed by atoms with E-state index in [4.69, 9.17) is 0 Å². The van der Waals surface area contributed by atoms with Crippen LogP contribution in [0.4, 0.5) is 0 Å². The van der Waals surface area contributed by atoms with E-state index in [-0.39, 0.29) is 7.43 Å². The predicted octanol–water partition coefficient (Wildman–Crippen LogP) is 5.50. The third kappa shape index (κ3) is 8.23. The first-order valence-electron chi connectivity index (χ1n) is 5.95. The quantitative estimate of drug-likeness (QED) is 0.604. The smallest absolute Gasteiger partial charge is 0.0305 e. The van der Waals surface area contributed by atoms with Crippen LogP contribution < -0.4 is 0 Å². The summed E-state index contributed by atoms with van der Waals surface area (Å²) in [5.41, 5.74) is 2.98. The number of benzene rings is 1. The van der Waals surface area contributed by atoms with Gasteiger partial charge in [0.2, 0.25) is 0 Å². The molecule has 1 rings (SSSR count). The third-order valence-corrected chi connectivity index (χ3v) is 1.88. The molecule has 0 atom stereocenters. The molecule has 0 radical (unpaired) electrons. The van der Waals surface area contributed by atoms with Crippen LogP contribution in [0.3, 0.4) is 0 Å². The molecule has 90 valence electrons. The Morgan fingerprint density at radius 3 is 1.20 bits per heavy atom. The molecule has 0 fully saturated rings. The van der Waals surface area contributed by atoms with Crippen LogP contribution in [0.2, 0.25) is 0 Å². The molecule has 0 spiro atoms. The Balaban J connectivity index is -0.000000258. The van der Waals surface area contributed by atoms with Crippen LogP contribution in [0.5, 0.6) is 0 Å². The Morgan fingerprint density at radius 1 is 0.733 bits per heavy atom. The highest BCUT2D eigenvalue weighted by Crippen LogP contribution is 2.08. The van der Waals surface area contributed by atoms with Gasteiger partial charge in [-0.25, -0.2) is 0 Å². The van der Waals surface area contributed by atoms with Crippen LogP contribution in [0.15, 0.2) is 24.3 Å². The molecule has 0 bridgehead atoms. The van der Waals surface area contributed by atoms with Crippen LogP contribution in [0.1, 0.15) is 60.1 Å². The van der Waals surface area contributed by atoms with E-state index >= 15 is 0 Å². The molecule has 0 nitrogen and oxygen atoms in total. The van der Waals surface area contributed by atoms with Gasteiger partial charge < -0.3 is 0 Å². The van der Waals surface area contributed by atoms with Gasteiger partial charge in [-0.2, -0.15) is 0 Å². The van der Waals surface area contributed by atoms with Gasteiger partial charge in [-0.1, -0.05) is 73.2 Å². The van der Waals surface area contributed by atoms with Crippen molar-refractivity contribution in [2.24, 2.45) is 0 Å². The first-order valence-corrected chi connectivity index (χ1v) is 5.95. The molecule has 1 aromatic rings. The van der Waals surface area contributed by atoms with E-state index in [0.29, 0.717) is 0 Å². The summed E-state index contributed by atoms with van der Waals surface area (Å²) in [7, 11) is 0. The summed E-state index contributed by atoms with van der Waals surface area (Å²) in [6.45, 7) is 12.4. The molecule has 0 heteroatoms. The van der Waals surface area contributed by atoms with E-state index in [9.17, 15) is 0 Å². The fraction of sp³-hybridized carbons (Fsp3) is 0.600. The normalized spacial score (nSPS) is 7.33. The second-order valence-corrected chi connectivity index (χ2v) is 2.48. The highest BCUT2D eigenvalue weighted by molar-refractivity contribution is 5.26. The van der Waals surface area contributed by atoms with Gasteiger partial charge >= 0.3 is 0 Å². The molecule has 0 aliphatic rings. The number of aryl methyl sites for hydroxylation is 2. The molecular formula is C15H30. The van der Waals surface area contributed by atoms with Crippen LogP contribution in [0, 0.1) is 0 Å². The van der Waals surface area contributed by atoms with Crippen LogP contribution in [-0.2, 0) is 12.8 Å². The van der Waals surface area contributed by atoms with E-state index in [1.54, 1.807) is 0 Å². The highest BCUT2D eigenvalue weighted by Gasteiger charge is 1.93. The van der Waals surface area contributed by atoms with Crippen molar-refractivity contribution in [3.8, 4) is 0 Å². The van der Waals surface area contributed by atoms with Gasteiger partial charge in [0.15, 0.2) is 0 Å². The van der Waals surface area contributed by atoms with Crippen LogP contribution >= 0.6 is 0 Å². The van der Waals surface area contributed by atoms with Crippen molar-refractivity contribution < 1.29 is 0 Å². The number of rotatable bonds is 2. The lowest BCUT2D eigenvalue weighted by atomic mass is 10.0. The second-order valence-electron chi connectivity index (χ2n) is 2.48. The fourth-order valence-corrected chi connectivity index (χ4v) is 1.25. The van der Waals surface area contributed by atoms with Crippen molar-refractivity contribution in [1.82, 2.24) is 0 Å². The highest BCUT2D eigenvalue weighted by atomic mass is 14.0. The third-order valence-electron chi connectivity index (χ3n) is 1.88. The summed E-state index contributed by atoms with van der Waals surface area (Å²) in [6, 6.07) is 8.63. The summed E-state index contributed by atoms with van der Waals surface area (Å²) in [5.74, 6) is 0. The van der Waals surface area contributed by atoms with E-state index in [1.165, 1.54) is 11.1 Å². The average Bonchev–Trinajstić information content (AvgIpc) is 2.34. The minimum atomic E-state index is 0. The Bertz CT molecular complexity index is 178. The molecular weight excluding hydrogens is 180 g/mol. The van der Waals surface area contributed by atoms with Crippen molar-refractivity contribution in [2.75, 3.05) is 0 Å². The van der Waals surface area contributed by atoms with Gasteiger partial charge in [-0.3, -0.25) is 0 Å².